The molecule has 5 heteroatoms. The summed E-state index contributed by atoms with van der Waals surface area (Å²) in [6, 6.07) is 7.15. The lowest BCUT2D eigenvalue weighted by atomic mass is 10.0. The first kappa shape index (κ1) is 14.1. The second-order valence-corrected chi connectivity index (χ2v) is 5.38. The fraction of sp³-hybridized carbons (Fsp3) is 0.429. The van der Waals surface area contributed by atoms with Gasteiger partial charge in [0.1, 0.15) is 11.7 Å². The van der Waals surface area contributed by atoms with Gasteiger partial charge in [0.15, 0.2) is 11.4 Å². The molecule has 0 aliphatic heterocycles. The molecule has 0 saturated heterocycles. The number of nitrogens with zero attached hydrogens (tertiary/aromatic N) is 2. The molecule has 0 N–H and O–H groups in total. The first-order chi connectivity index (χ1) is 9.06. The molecule has 19 heavy (non-hydrogen) atoms. The molecule has 0 bridgehead atoms. The maximum Gasteiger partial charge on any atom is 0.168 e. The number of rotatable bonds is 5. The minimum absolute atomic E-state index is 0.0508. The Labute approximate surface area is 118 Å². The Morgan fingerprint density at radius 1 is 1.42 bits per heavy atom. The third-order valence-corrected chi connectivity index (χ3v) is 3.79. The van der Waals surface area contributed by atoms with Gasteiger partial charge in [-0.05, 0) is 32.6 Å². The van der Waals surface area contributed by atoms with Crippen molar-refractivity contribution in [1.82, 2.24) is 10.1 Å². The highest BCUT2D eigenvalue weighted by atomic mass is 32.1. The average molecular weight is 278 g/mol. The lowest BCUT2D eigenvalue weighted by molar-refractivity contribution is -0.123. The summed E-state index contributed by atoms with van der Waals surface area (Å²) in [5.41, 5.74) is 1.36. The smallest absolute Gasteiger partial charge is 0.168 e. The Balaban J connectivity index is 2.47. The van der Waals surface area contributed by atoms with Crippen LogP contribution in [0.4, 0.5) is 0 Å². The summed E-state index contributed by atoms with van der Waals surface area (Å²) >= 11 is 4.35. The number of carbonyl (C=O) groups is 1. The molecule has 2 unspecified atom stereocenters. The molecule has 1 aromatic carbocycles. The van der Waals surface area contributed by atoms with E-state index in [1.54, 1.807) is 0 Å². The fourth-order valence-corrected chi connectivity index (χ4v) is 2.26. The van der Waals surface area contributed by atoms with E-state index < -0.39 is 6.04 Å². The van der Waals surface area contributed by atoms with Crippen LogP contribution in [-0.4, -0.2) is 35.2 Å². The van der Waals surface area contributed by atoms with Crippen molar-refractivity contribution in [3.8, 4) is 0 Å². The number of ketones is 1. The van der Waals surface area contributed by atoms with Crippen LogP contribution in [0.25, 0.3) is 11.0 Å². The summed E-state index contributed by atoms with van der Waals surface area (Å²) < 4.78 is 5.29. The second kappa shape index (κ2) is 5.75. The van der Waals surface area contributed by atoms with Gasteiger partial charge < -0.3 is 4.52 Å². The molecule has 1 heterocycles. The average Bonchev–Trinajstić information content (AvgIpc) is 2.81. The normalized spacial score (nSPS) is 14.8. The lowest BCUT2D eigenvalue weighted by Gasteiger charge is -2.23. The minimum Gasteiger partial charge on any atom is -0.356 e. The lowest BCUT2D eigenvalue weighted by Crippen LogP contribution is -2.33. The number of carbonyl (C=O) groups excluding carboxylic acids is 1. The Morgan fingerprint density at radius 3 is 2.74 bits per heavy atom. The van der Waals surface area contributed by atoms with Crippen LogP contribution < -0.4 is 0 Å². The quantitative estimate of drug-likeness (QED) is 0.854. The van der Waals surface area contributed by atoms with Crippen LogP contribution >= 0.6 is 12.6 Å². The van der Waals surface area contributed by atoms with Gasteiger partial charge >= 0.3 is 0 Å². The van der Waals surface area contributed by atoms with Crippen LogP contribution in [0.3, 0.4) is 0 Å². The number of Topliss-reactive ketones (excluding diaryl/α,β-unsaturated/α-hetero) is 1. The number of hydrogen-bond acceptors (Lipinski definition) is 5. The molecule has 0 amide bonds. The van der Waals surface area contributed by atoms with E-state index in [0.717, 1.165) is 5.39 Å². The Kier molecular flexibility index (Phi) is 4.27. The third kappa shape index (κ3) is 2.67. The zero-order chi connectivity index (χ0) is 14.0. The van der Waals surface area contributed by atoms with Crippen LogP contribution in [0.15, 0.2) is 28.8 Å². The van der Waals surface area contributed by atoms with E-state index >= 15 is 0 Å². The summed E-state index contributed by atoms with van der Waals surface area (Å²) in [5, 5.41) is 4.67. The molecule has 2 atom stereocenters. The summed E-state index contributed by atoms with van der Waals surface area (Å²) in [6.07, 6.45) is 0.696. The van der Waals surface area contributed by atoms with E-state index in [0.29, 0.717) is 17.7 Å². The van der Waals surface area contributed by atoms with Crippen LogP contribution in [0.1, 0.15) is 25.1 Å². The monoisotopic (exact) mass is 278 g/mol. The molecule has 0 aliphatic rings. The number of benzene rings is 1. The Morgan fingerprint density at radius 2 is 2.11 bits per heavy atom. The van der Waals surface area contributed by atoms with Crippen LogP contribution in [0.2, 0.25) is 0 Å². The standard InChI is InChI=1S/C14H18N2O2S/c1-4-11(19)14(17)13(16(2)3)12-9-7-5-6-8-10(9)18-15-12/h5-8,11,13,19H,4H2,1-3H3. The molecule has 2 rings (SSSR count). The molecule has 4 nitrogen and oxygen atoms in total. The zero-order valence-corrected chi connectivity index (χ0v) is 12.2. The van der Waals surface area contributed by atoms with Gasteiger partial charge in [-0.15, -0.1) is 0 Å². The number of hydrogen-bond donors (Lipinski definition) is 1. The van der Waals surface area contributed by atoms with Gasteiger partial charge in [-0.25, -0.2) is 0 Å². The molecule has 0 saturated carbocycles. The zero-order valence-electron chi connectivity index (χ0n) is 11.3. The SMILES string of the molecule is CCC(S)C(=O)C(c1noc2ccccc12)N(C)C. The first-order valence-corrected chi connectivity index (χ1v) is 6.80. The van der Waals surface area contributed by atoms with Crippen molar-refractivity contribution in [3.63, 3.8) is 0 Å². The summed E-state index contributed by atoms with van der Waals surface area (Å²) in [4.78, 5) is 14.3. The molecule has 2 aromatic rings. The minimum atomic E-state index is -0.425. The largest absolute Gasteiger partial charge is 0.356 e. The second-order valence-electron chi connectivity index (χ2n) is 4.76. The van der Waals surface area contributed by atoms with E-state index in [1.807, 2.05) is 50.2 Å². The van der Waals surface area contributed by atoms with Gasteiger partial charge in [-0.3, -0.25) is 9.69 Å². The Bertz CT molecular complexity index is 580. The maximum atomic E-state index is 12.5. The number of fused-ring (bicyclic) bond motifs is 1. The van der Waals surface area contributed by atoms with Gasteiger partial charge in [0.05, 0.1) is 5.25 Å². The predicted molar refractivity (Wildman–Crippen MR) is 78.5 cm³/mol. The number of para-hydroxylation sites is 1. The molecule has 102 valence electrons. The molecular formula is C14H18N2O2S. The van der Waals surface area contributed by atoms with E-state index in [-0.39, 0.29) is 11.0 Å². The van der Waals surface area contributed by atoms with Gasteiger partial charge in [-0.2, -0.15) is 12.6 Å². The van der Waals surface area contributed by atoms with E-state index in [2.05, 4.69) is 17.8 Å². The molecule has 1 aromatic heterocycles. The van der Waals surface area contributed by atoms with Gasteiger partial charge in [0.2, 0.25) is 0 Å². The van der Waals surface area contributed by atoms with Crippen LogP contribution in [-0.2, 0) is 4.79 Å². The fourth-order valence-electron chi connectivity index (χ4n) is 2.12. The molecule has 0 spiro atoms. The highest BCUT2D eigenvalue weighted by Crippen LogP contribution is 2.29. The van der Waals surface area contributed by atoms with Crippen molar-refractivity contribution < 1.29 is 9.32 Å². The summed E-state index contributed by atoms with van der Waals surface area (Å²) in [5.74, 6) is 0.0508. The molecule has 0 fully saturated rings. The Hall–Kier alpha value is -1.33. The van der Waals surface area contributed by atoms with Gasteiger partial charge in [0.25, 0.3) is 0 Å². The van der Waals surface area contributed by atoms with E-state index in [9.17, 15) is 4.79 Å². The molecule has 0 radical (unpaired) electrons. The maximum absolute atomic E-state index is 12.5. The van der Waals surface area contributed by atoms with Crippen molar-refractivity contribution in [2.45, 2.75) is 24.6 Å². The van der Waals surface area contributed by atoms with Gasteiger partial charge in [0, 0.05) is 5.39 Å². The number of thiol groups is 1. The van der Waals surface area contributed by atoms with Crippen LogP contribution in [0, 0.1) is 0 Å². The molecular weight excluding hydrogens is 260 g/mol. The molecule has 0 aliphatic carbocycles. The van der Waals surface area contributed by atoms with Crippen molar-refractivity contribution in [2.75, 3.05) is 14.1 Å². The summed E-state index contributed by atoms with van der Waals surface area (Å²) in [6.45, 7) is 1.95. The van der Waals surface area contributed by atoms with Crippen molar-refractivity contribution >= 4 is 29.4 Å². The van der Waals surface area contributed by atoms with Crippen molar-refractivity contribution in [1.29, 1.82) is 0 Å². The van der Waals surface area contributed by atoms with Crippen molar-refractivity contribution in [3.05, 3.63) is 30.0 Å². The highest BCUT2D eigenvalue weighted by Gasteiger charge is 2.31. The summed E-state index contributed by atoms with van der Waals surface area (Å²) in [7, 11) is 3.73. The van der Waals surface area contributed by atoms with E-state index in [4.69, 9.17) is 4.52 Å². The number of aromatic nitrogens is 1. The van der Waals surface area contributed by atoms with Crippen LogP contribution in [0.5, 0.6) is 0 Å². The van der Waals surface area contributed by atoms with Gasteiger partial charge in [-0.1, -0.05) is 24.2 Å². The highest BCUT2D eigenvalue weighted by molar-refractivity contribution is 7.81. The van der Waals surface area contributed by atoms with Crippen molar-refractivity contribution in [2.24, 2.45) is 0 Å². The third-order valence-electron chi connectivity index (χ3n) is 3.17. The topological polar surface area (TPSA) is 46.3 Å². The predicted octanol–water partition coefficient (Wildman–Crippen LogP) is 2.71. The number of likely N-dealkylation sites (N-methyl/N-ethyl adjacent to an activating group) is 1. The van der Waals surface area contributed by atoms with E-state index in [1.165, 1.54) is 0 Å². The first-order valence-electron chi connectivity index (χ1n) is 6.28.